The highest BCUT2D eigenvalue weighted by molar-refractivity contribution is 6.07. The van der Waals surface area contributed by atoms with Crippen LogP contribution in [-0.2, 0) is 12.4 Å². The van der Waals surface area contributed by atoms with Crippen molar-refractivity contribution in [2.24, 2.45) is 23.7 Å². The summed E-state index contributed by atoms with van der Waals surface area (Å²) >= 11 is 0. The van der Waals surface area contributed by atoms with E-state index in [4.69, 9.17) is 9.47 Å². The summed E-state index contributed by atoms with van der Waals surface area (Å²) in [4.78, 5) is 29.8. The maximum Gasteiger partial charge on any atom is 0.416 e. The first-order valence-electron chi connectivity index (χ1n) is 21.5. The average molecular weight is 865 g/mol. The minimum absolute atomic E-state index is 0.199. The van der Waals surface area contributed by atoms with Crippen molar-refractivity contribution < 1.29 is 45.4 Å². The van der Waals surface area contributed by atoms with E-state index in [1.165, 1.54) is 64.9 Å². The Morgan fingerprint density at radius 1 is 0.516 bits per heavy atom. The highest BCUT2D eigenvalue weighted by Crippen LogP contribution is 2.43. The van der Waals surface area contributed by atoms with Gasteiger partial charge in [-0.2, -0.15) is 26.3 Å². The number of amides is 2. The molecule has 2 saturated carbocycles. The Kier molecular flexibility index (Phi) is 13.9. The van der Waals surface area contributed by atoms with Crippen LogP contribution in [0.4, 0.5) is 49.1 Å². The van der Waals surface area contributed by atoms with E-state index in [1.54, 1.807) is 48.5 Å². The van der Waals surface area contributed by atoms with Gasteiger partial charge in [-0.3, -0.25) is 9.59 Å². The Morgan fingerprint density at radius 2 is 0.871 bits per heavy atom. The van der Waals surface area contributed by atoms with Crippen LogP contribution in [0.5, 0.6) is 11.5 Å². The summed E-state index contributed by atoms with van der Waals surface area (Å²) < 4.78 is 90.4. The van der Waals surface area contributed by atoms with Gasteiger partial charge in [0.1, 0.15) is 11.5 Å². The second-order valence-electron chi connectivity index (χ2n) is 16.9. The molecule has 0 spiro atoms. The quantitative estimate of drug-likeness (QED) is 0.172. The fraction of sp³-hybridized carbons (Fsp3) is 0.458. The number of hydrogen-bond acceptors (Lipinski definition) is 6. The summed E-state index contributed by atoms with van der Waals surface area (Å²) in [6.45, 7) is 3.22. The molecular formula is C48H54F6N4O4. The maximum atomic E-state index is 13.4. The number of carbonyl (C=O) groups excluding carboxylic acids is 2. The molecule has 332 valence electrons. The van der Waals surface area contributed by atoms with Crippen LogP contribution >= 0.6 is 0 Å². The van der Waals surface area contributed by atoms with E-state index in [0.717, 1.165) is 76.1 Å². The molecule has 8 rings (SSSR count). The summed E-state index contributed by atoms with van der Waals surface area (Å²) in [6.07, 6.45) is 2.89. The molecule has 14 heteroatoms. The highest BCUT2D eigenvalue weighted by atomic mass is 19.4. The third-order valence-corrected chi connectivity index (χ3v) is 13.1. The number of carbonyl (C=O) groups is 2. The van der Waals surface area contributed by atoms with Crippen LogP contribution in [0.3, 0.4) is 0 Å². The first-order chi connectivity index (χ1) is 29.7. The third-order valence-electron chi connectivity index (χ3n) is 13.1. The number of benzene rings is 4. The third kappa shape index (κ3) is 10.8. The number of hydrogen-bond donors (Lipinski definition) is 2. The van der Waals surface area contributed by atoms with Crippen LogP contribution in [0.15, 0.2) is 84.9 Å². The number of fused-ring (bicyclic) bond motifs is 2. The van der Waals surface area contributed by atoms with Gasteiger partial charge in [-0.15, -0.1) is 0 Å². The van der Waals surface area contributed by atoms with Crippen molar-refractivity contribution in [3.63, 3.8) is 0 Å². The summed E-state index contributed by atoms with van der Waals surface area (Å²) in [5.41, 5.74) is 0.876. The maximum absolute atomic E-state index is 13.4. The van der Waals surface area contributed by atoms with Gasteiger partial charge < -0.3 is 29.9 Å². The smallest absolute Gasteiger partial charge is 0.416 e. The first-order valence-corrected chi connectivity index (χ1v) is 21.5. The lowest BCUT2D eigenvalue weighted by atomic mass is 9.75. The van der Waals surface area contributed by atoms with E-state index in [1.807, 2.05) is 0 Å². The van der Waals surface area contributed by atoms with E-state index in [-0.39, 0.29) is 11.4 Å². The zero-order valence-electron chi connectivity index (χ0n) is 35.1. The van der Waals surface area contributed by atoms with E-state index < -0.39 is 35.3 Å². The summed E-state index contributed by atoms with van der Waals surface area (Å²) in [7, 11) is 3.05. The second-order valence-corrected chi connectivity index (χ2v) is 16.9. The van der Waals surface area contributed by atoms with Crippen LogP contribution in [-0.4, -0.2) is 52.2 Å². The zero-order valence-corrected chi connectivity index (χ0v) is 35.1. The van der Waals surface area contributed by atoms with Gasteiger partial charge in [0.05, 0.1) is 48.1 Å². The van der Waals surface area contributed by atoms with Gasteiger partial charge in [0, 0.05) is 37.3 Å². The van der Waals surface area contributed by atoms with E-state index in [0.29, 0.717) is 57.7 Å². The normalized spacial score (nSPS) is 21.4. The number of anilines is 4. The molecule has 0 aromatic heterocycles. The molecular weight excluding hydrogens is 811 g/mol. The van der Waals surface area contributed by atoms with E-state index >= 15 is 0 Å². The lowest BCUT2D eigenvalue weighted by Gasteiger charge is -2.42. The first kappa shape index (κ1) is 44.6. The number of nitrogens with one attached hydrogen (secondary N) is 2. The van der Waals surface area contributed by atoms with Gasteiger partial charge in [-0.05, 0) is 134 Å². The highest BCUT2D eigenvalue weighted by Gasteiger charge is 2.36. The fourth-order valence-electron chi connectivity index (χ4n) is 9.69. The van der Waals surface area contributed by atoms with E-state index in [9.17, 15) is 35.9 Å². The predicted molar refractivity (Wildman–Crippen MR) is 229 cm³/mol. The number of piperidine rings is 2. The number of alkyl halides is 6. The monoisotopic (exact) mass is 864 g/mol. The van der Waals surface area contributed by atoms with Crippen LogP contribution in [0.2, 0.25) is 0 Å². The Morgan fingerprint density at radius 3 is 1.21 bits per heavy atom. The van der Waals surface area contributed by atoms with E-state index in [2.05, 4.69) is 20.4 Å². The molecule has 4 fully saturated rings. The molecule has 4 aliphatic rings. The van der Waals surface area contributed by atoms with Crippen molar-refractivity contribution in [2.45, 2.75) is 76.6 Å². The molecule has 4 aromatic carbocycles. The van der Waals surface area contributed by atoms with Crippen molar-refractivity contribution in [1.82, 2.24) is 0 Å². The molecule has 2 saturated heterocycles. The average Bonchev–Trinajstić information content (AvgIpc) is 3.28. The lowest BCUT2D eigenvalue weighted by molar-refractivity contribution is -0.138. The largest absolute Gasteiger partial charge is 0.497 e. The summed E-state index contributed by atoms with van der Waals surface area (Å²) in [6, 6.07) is 20.3. The molecule has 4 atom stereocenters. The Labute approximate surface area is 359 Å². The van der Waals surface area contributed by atoms with Crippen molar-refractivity contribution in [2.75, 3.05) is 60.8 Å². The standard InChI is InChI=1S/2C24H27F3N2O2/c2*1-31-20-9-6-17(7-10-20)23(30)28-21-14-19(24(25,26)27)8-11-22(21)29-13-12-16-4-2-3-5-18(16)15-29/h2*6-11,14,16,18H,2-5,12-13,15H2,1H3,(H,28,30)/t2*16-,18-/m00/s1. The number of halogens is 6. The number of methoxy groups -OCH3 is 2. The summed E-state index contributed by atoms with van der Waals surface area (Å²) in [5.74, 6) is 2.85. The van der Waals surface area contributed by atoms with Crippen molar-refractivity contribution in [1.29, 1.82) is 0 Å². The number of rotatable bonds is 8. The lowest BCUT2D eigenvalue weighted by Crippen LogP contribution is -2.42. The van der Waals surface area contributed by atoms with Crippen LogP contribution in [0, 0.1) is 23.7 Å². The van der Waals surface area contributed by atoms with Gasteiger partial charge in [-0.25, -0.2) is 0 Å². The Bertz CT molecular complexity index is 2010. The minimum Gasteiger partial charge on any atom is -0.497 e. The van der Waals surface area contributed by atoms with Crippen LogP contribution in [0.1, 0.15) is 96.1 Å². The molecule has 0 unspecified atom stereocenters. The number of nitrogens with zero attached hydrogens (tertiary/aromatic N) is 2. The van der Waals surface area contributed by atoms with Crippen LogP contribution < -0.4 is 29.9 Å². The van der Waals surface area contributed by atoms with Gasteiger partial charge in [0.25, 0.3) is 11.8 Å². The van der Waals surface area contributed by atoms with Gasteiger partial charge in [0.2, 0.25) is 0 Å². The molecule has 2 N–H and O–H groups in total. The number of ether oxygens (including phenoxy) is 2. The molecule has 2 amide bonds. The SMILES string of the molecule is COc1ccc(C(=O)Nc2cc(C(F)(F)F)ccc2N2CC[C@@H]3CCCC[C@H]3C2)cc1.COc1ccc(C(=O)Nc2cc(C(F)(F)F)ccc2N2CC[C@@H]3CCCC[C@H]3C2)cc1. The van der Waals surface area contributed by atoms with Crippen molar-refractivity contribution in [3.8, 4) is 11.5 Å². The Hall–Kier alpha value is -5.40. The molecule has 0 radical (unpaired) electrons. The molecule has 4 aromatic rings. The van der Waals surface area contributed by atoms with Crippen molar-refractivity contribution >= 4 is 34.6 Å². The minimum atomic E-state index is -4.48. The topological polar surface area (TPSA) is 83.1 Å². The predicted octanol–water partition coefficient (Wildman–Crippen LogP) is 12.0. The van der Waals surface area contributed by atoms with Gasteiger partial charge in [0.15, 0.2) is 0 Å². The molecule has 2 aliphatic carbocycles. The summed E-state index contributed by atoms with van der Waals surface area (Å²) in [5, 5.41) is 5.45. The van der Waals surface area contributed by atoms with Crippen LogP contribution in [0.25, 0.3) is 0 Å². The van der Waals surface area contributed by atoms with Gasteiger partial charge >= 0.3 is 12.4 Å². The molecule has 2 heterocycles. The zero-order chi connectivity index (χ0) is 44.0. The fourth-order valence-corrected chi connectivity index (χ4v) is 9.69. The molecule has 2 aliphatic heterocycles. The van der Waals surface area contributed by atoms with Gasteiger partial charge in [-0.1, -0.05) is 38.5 Å². The molecule has 8 nitrogen and oxygen atoms in total. The molecule has 62 heavy (non-hydrogen) atoms. The van der Waals surface area contributed by atoms with Crippen molar-refractivity contribution in [3.05, 3.63) is 107 Å². The Balaban J connectivity index is 0.000000186. The molecule has 0 bridgehead atoms. The second kappa shape index (κ2) is 19.3.